The van der Waals surface area contributed by atoms with Crippen LogP contribution in [0.2, 0.25) is 0 Å². The van der Waals surface area contributed by atoms with Crippen LogP contribution >= 0.6 is 11.8 Å². The van der Waals surface area contributed by atoms with Gasteiger partial charge in [0.2, 0.25) is 15.0 Å². The van der Waals surface area contributed by atoms with Gasteiger partial charge in [0.25, 0.3) is 0 Å². The average molecular weight is 901 g/mol. The Hall–Kier alpha value is -6.68. The summed E-state index contributed by atoms with van der Waals surface area (Å²) in [4.78, 5) is 25.3. The summed E-state index contributed by atoms with van der Waals surface area (Å²) in [6, 6.07) is 18.2. The molecule has 0 N–H and O–H groups in total. The molecule has 62 heavy (non-hydrogen) atoms. The number of hydrogen-bond donors (Lipinski definition) is 0. The van der Waals surface area contributed by atoms with E-state index in [1.807, 2.05) is 6.26 Å². The molecule has 0 aliphatic rings. The number of alkyl halides is 6. The number of fused-ring (bicyclic) bond motifs is 2. The maximum atomic E-state index is 13.8. The molecule has 12 nitrogen and oxygen atoms in total. The van der Waals surface area contributed by atoms with Gasteiger partial charge in [-0.15, -0.1) is 0 Å². The van der Waals surface area contributed by atoms with Gasteiger partial charge in [0.15, 0.2) is 5.16 Å². The summed E-state index contributed by atoms with van der Waals surface area (Å²) in [5.41, 5.74) is -0.902. The van der Waals surface area contributed by atoms with Crippen molar-refractivity contribution in [1.82, 2.24) is 39.0 Å². The zero-order valence-electron chi connectivity index (χ0n) is 32.3. The number of nitrogens with zero attached hydrogens (tertiary/aromatic N) is 8. The van der Waals surface area contributed by atoms with Crippen LogP contribution in [-0.4, -0.2) is 74.2 Å². The van der Waals surface area contributed by atoms with E-state index >= 15 is 0 Å². The summed E-state index contributed by atoms with van der Waals surface area (Å²) >= 11 is 1.33. The van der Waals surface area contributed by atoms with E-state index in [1.54, 1.807) is 53.2 Å². The predicted octanol–water partition coefficient (Wildman–Crippen LogP) is 9.42. The maximum Gasteiger partial charge on any atom is 0.419 e. The molecule has 0 spiro atoms. The first kappa shape index (κ1) is 43.4. The highest BCUT2D eigenvalue weighted by Crippen LogP contribution is 2.38. The summed E-state index contributed by atoms with van der Waals surface area (Å²) in [7, 11) is -0.818. The van der Waals surface area contributed by atoms with Crippen LogP contribution in [0.3, 0.4) is 0 Å². The third kappa shape index (κ3) is 8.73. The topological polar surface area (TPSA) is 140 Å². The second-order valence-electron chi connectivity index (χ2n) is 13.0. The van der Waals surface area contributed by atoms with Crippen molar-refractivity contribution < 1.29 is 53.0 Å². The van der Waals surface area contributed by atoms with Gasteiger partial charge in [-0.25, -0.2) is 47.1 Å². The molecule has 0 radical (unpaired) electrons. The summed E-state index contributed by atoms with van der Waals surface area (Å²) < 4.78 is 145. The molecule has 4 heterocycles. The van der Waals surface area contributed by atoms with Crippen LogP contribution < -0.4 is 9.47 Å². The molecule has 8 aromatic rings. The minimum absolute atomic E-state index is 0.00287. The first-order chi connectivity index (χ1) is 29.3. The standard InChI is InChI=1S/C20H14F4N4O3S.C20H14F4N4OS/c1-31-12-4-6-16-15(10-12)26-18(11-3-5-14(21)13(9-11)20(22,23)24)28(16)17-7-8-25-19(27-17)32(2,29)30;1-29-12-4-6-16-15(10-12)26-18(28(16)17-7-8-25-19(27-17)30-2)11-3-5-14(21)13(9-11)20(22,23)24/h3-10H,1-2H3;3-10H,1-2H3. The van der Waals surface area contributed by atoms with Crippen LogP contribution in [-0.2, 0) is 22.2 Å². The van der Waals surface area contributed by atoms with Crippen molar-refractivity contribution in [1.29, 1.82) is 0 Å². The minimum atomic E-state index is -4.92. The third-order valence-electron chi connectivity index (χ3n) is 8.99. The van der Waals surface area contributed by atoms with E-state index in [0.717, 1.165) is 24.5 Å². The molecule has 0 atom stereocenters. The Morgan fingerprint density at radius 1 is 0.597 bits per heavy atom. The molecular formula is C40H28F8N8O4S2. The highest BCUT2D eigenvalue weighted by atomic mass is 32.2. The molecular weight excluding hydrogens is 873 g/mol. The molecule has 8 rings (SSSR count). The number of aromatic nitrogens is 8. The van der Waals surface area contributed by atoms with Gasteiger partial charge in [-0.1, -0.05) is 11.8 Å². The third-order valence-corrected chi connectivity index (χ3v) is 10.4. The van der Waals surface area contributed by atoms with Crippen molar-refractivity contribution in [3.05, 3.63) is 120 Å². The van der Waals surface area contributed by atoms with Crippen LogP contribution in [0.4, 0.5) is 35.1 Å². The van der Waals surface area contributed by atoms with Gasteiger partial charge in [-0.3, -0.25) is 9.13 Å². The van der Waals surface area contributed by atoms with Crippen LogP contribution in [0.25, 0.3) is 56.5 Å². The Bertz CT molecular complexity index is 3100. The summed E-state index contributed by atoms with van der Waals surface area (Å²) in [5, 5.41) is 0.0234. The molecule has 0 fully saturated rings. The van der Waals surface area contributed by atoms with Crippen molar-refractivity contribution >= 4 is 43.7 Å². The van der Waals surface area contributed by atoms with E-state index in [2.05, 4.69) is 29.9 Å². The number of benzene rings is 4. The quantitative estimate of drug-likeness (QED) is 0.0819. The van der Waals surface area contributed by atoms with Gasteiger partial charge in [0, 0.05) is 41.9 Å². The van der Waals surface area contributed by atoms with Gasteiger partial charge in [0.05, 0.1) is 47.4 Å². The number of hydrogen-bond acceptors (Lipinski definition) is 11. The van der Waals surface area contributed by atoms with Crippen LogP contribution in [0.1, 0.15) is 11.1 Å². The Morgan fingerprint density at radius 3 is 1.47 bits per heavy atom. The van der Waals surface area contributed by atoms with Crippen molar-refractivity contribution in [3.63, 3.8) is 0 Å². The van der Waals surface area contributed by atoms with Crippen LogP contribution in [0, 0.1) is 11.6 Å². The van der Waals surface area contributed by atoms with E-state index in [4.69, 9.17) is 9.47 Å². The molecule has 4 aromatic heterocycles. The highest BCUT2D eigenvalue weighted by Gasteiger charge is 2.36. The Morgan fingerprint density at radius 2 is 1.05 bits per heavy atom. The molecule has 0 aliphatic carbocycles. The zero-order chi connectivity index (χ0) is 44.7. The largest absolute Gasteiger partial charge is 0.497 e. The number of rotatable bonds is 8. The van der Waals surface area contributed by atoms with Crippen molar-refractivity contribution in [2.45, 2.75) is 22.7 Å². The lowest BCUT2D eigenvalue weighted by molar-refractivity contribution is -0.140. The van der Waals surface area contributed by atoms with Crippen molar-refractivity contribution in [3.8, 4) is 45.9 Å². The number of ether oxygens (including phenoxy) is 2. The second kappa shape index (κ2) is 16.6. The van der Waals surface area contributed by atoms with Gasteiger partial charge in [-0.05, 0) is 79.1 Å². The van der Waals surface area contributed by atoms with Gasteiger partial charge in [0.1, 0.15) is 46.4 Å². The number of imidazole rings is 2. The zero-order valence-corrected chi connectivity index (χ0v) is 33.9. The van der Waals surface area contributed by atoms with Crippen molar-refractivity contribution in [2.75, 3.05) is 26.7 Å². The van der Waals surface area contributed by atoms with Gasteiger partial charge >= 0.3 is 12.4 Å². The SMILES string of the molecule is COc1ccc2c(c1)nc(-c1ccc(F)c(C(F)(F)F)c1)n2-c1ccnc(S(C)(=O)=O)n1.COc1ccc2c(c1)nc(-c1ccc(F)c(C(F)(F)F)c1)n2-c1ccnc(SC)n1. The summed E-state index contributed by atoms with van der Waals surface area (Å²) in [6.45, 7) is 0. The Kier molecular flexibility index (Phi) is 11.7. The molecule has 4 aromatic carbocycles. The van der Waals surface area contributed by atoms with Gasteiger partial charge < -0.3 is 9.47 Å². The van der Waals surface area contributed by atoms with E-state index < -0.39 is 50.1 Å². The lowest BCUT2D eigenvalue weighted by Crippen LogP contribution is -2.10. The van der Waals surface area contributed by atoms with E-state index in [0.29, 0.717) is 56.7 Å². The molecule has 320 valence electrons. The number of methoxy groups -OCH3 is 2. The molecule has 0 unspecified atom stereocenters. The minimum Gasteiger partial charge on any atom is -0.497 e. The maximum absolute atomic E-state index is 13.8. The Labute approximate surface area is 350 Å². The first-order valence-electron chi connectivity index (χ1n) is 17.6. The van der Waals surface area contributed by atoms with E-state index in [9.17, 15) is 43.5 Å². The fourth-order valence-electron chi connectivity index (χ4n) is 6.18. The fraction of sp³-hybridized carbons (Fsp3) is 0.150. The highest BCUT2D eigenvalue weighted by molar-refractivity contribution is 7.98. The predicted molar refractivity (Wildman–Crippen MR) is 212 cm³/mol. The van der Waals surface area contributed by atoms with Crippen molar-refractivity contribution in [2.24, 2.45) is 0 Å². The molecule has 0 saturated carbocycles. The molecule has 0 amide bonds. The molecule has 0 bridgehead atoms. The lowest BCUT2D eigenvalue weighted by Gasteiger charge is -2.12. The smallest absolute Gasteiger partial charge is 0.419 e. The number of thioether (sulfide) groups is 1. The summed E-state index contributed by atoms with van der Waals surface area (Å²) in [6.07, 6.45) is -4.24. The summed E-state index contributed by atoms with van der Waals surface area (Å²) in [5.74, 6) is -1.11. The van der Waals surface area contributed by atoms with Crippen LogP contribution in [0.15, 0.2) is 108 Å². The first-order valence-corrected chi connectivity index (χ1v) is 20.7. The van der Waals surface area contributed by atoms with E-state index in [1.165, 1.54) is 48.9 Å². The second-order valence-corrected chi connectivity index (χ2v) is 15.7. The lowest BCUT2D eigenvalue weighted by atomic mass is 10.1. The number of sulfone groups is 1. The average Bonchev–Trinajstić information content (AvgIpc) is 3.81. The Balaban J connectivity index is 0.000000187. The number of halogens is 8. The molecule has 0 saturated heterocycles. The fourth-order valence-corrected chi connectivity index (χ4v) is 7.04. The monoisotopic (exact) mass is 900 g/mol. The molecule has 22 heteroatoms. The van der Waals surface area contributed by atoms with E-state index in [-0.39, 0.29) is 28.6 Å². The van der Waals surface area contributed by atoms with Crippen LogP contribution in [0.5, 0.6) is 11.5 Å². The normalized spacial score (nSPS) is 12.1. The molecule has 0 aliphatic heterocycles. The van der Waals surface area contributed by atoms with Gasteiger partial charge in [-0.2, -0.15) is 26.3 Å².